The predicted molar refractivity (Wildman–Crippen MR) is 91.5 cm³/mol. The van der Waals surface area contributed by atoms with Crippen LogP contribution in [-0.2, 0) is 14.1 Å². The maximum Gasteiger partial charge on any atom is 0.391 e. The molecule has 0 unspecified atom stereocenters. The van der Waals surface area contributed by atoms with E-state index in [1.54, 1.807) is 0 Å². The highest BCUT2D eigenvalue weighted by molar-refractivity contribution is 5.96. The molecule has 0 radical (unpaired) electrons. The van der Waals surface area contributed by atoms with Crippen molar-refractivity contribution in [1.82, 2.24) is 19.4 Å². The molecule has 146 valence electrons. The average molecular weight is 384 g/mol. The van der Waals surface area contributed by atoms with Crippen LogP contribution in [0.5, 0.6) is 0 Å². The third kappa shape index (κ3) is 3.60. The Labute approximate surface area is 151 Å². The minimum Gasteiger partial charge on any atom is -0.349 e. The van der Waals surface area contributed by atoms with E-state index in [2.05, 4.69) is 10.3 Å². The lowest BCUT2D eigenvalue weighted by Crippen LogP contribution is -2.41. The third-order valence-electron chi connectivity index (χ3n) is 5.03. The SMILES string of the molecule is Cn1c(=O)c2cc(C(=O)N[C@H]3CCC[C@H](C(F)(F)F)C3)cnc2n(C)c1=O. The Balaban J connectivity index is 1.86. The Morgan fingerprint density at radius 2 is 1.93 bits per heavy atom. The van der Waals surface area contributed by atoms with E-state index in [9.17, 15) is 27.6 Å². The fourth-order valence-corrected chi connectivity index (χ4v) is 3.48. The second-order valence-electron chi connectivity index (χ2n) is 6.88. The van der Waals surface area contributed by atoms with Gasteiger partial charge in [0, 0.05) is 26.3 Å². The van der Waals surface area contributed by atoms with Crippen LogP contribution in [0.25, 0.3) is 11.0 Å². The van der Waals surface area contributed by atoms with Crippen molar-refractivity contribution in [3.05, 3.63) is 38.7 Å². The number of alkyl halides is 3. The van der Waals surface area contributed by atoms with Gasteiger partial charge in [-0.15, -0.1) is 0 Å². The first-order valence-corrected chi connectivity index (χ1v) is 8.53. The second-order valence-corrected chi connectivity index (χ2v) is 6.88. The Bertz CT molecular complexity index is 1010. The number of fused-ring (bicyclic) bond motifs is 1. The molecule has 0 bridgehead atoms. The summed E-state index contributed by atoms with van der Waals surface area (Å²) in [5.41, 5.74) is -0.940. The first-order chi connectivity index (χ1) is 12.6. The highest BCUT2D eigenvalue weighted by Gasteiger charge is 2.42. The Hall–Kier alpha value is -2.65. The Morgan fingerprint density at radius 3 is 2.59 bits per heavy atom. The minimum atomic E-state index is -4.27. The topological polar surface area (TPSA) is 86.0 Å². The fourth-order valence-electron chi connectivity index (χ4n) is 3.48. The van der Waals surface area contributed by atoms with E-state index in [-0.39, 0.29) is 29.4 Å². The van der Waals surface area contributed by atoms with Crippen molar-refractivity contribution in [2.24, 2.45) is 20.0 Å². The summed E-state index contributed by atoms with van der Waals surface area (Å²) in [6.45, 7) is 0. The molecule has 0 aliphatic heterocycles. The largest absolute Gasteiger partial charge is 0.391 e. The molecule has 3 rings (SSSR count). The number of carbonyl (C=O) groups is 1. The van der Waals surface area contributed by atoms with Gasteiger partial charge in [0.25, 0.3) is 11.5 Å². The summed E-state index contributed by atoms with van der Waals surface area (Å²) in [5, 5.41) is 2.69. The second kappa shape index (κ2) is 6.82. The van der Waals surface area contributed by atoms with E-state index in [1.165, 1.54) is 30.9 Å². The average Bonchev–Trinajstić information content (AvgIpc) is 2.63. The molecule has 0 saturated heterocycles. The van der Waals surface area contributed by atoms with Crippen LogP contribution in [0.4, 0.5) is 13.2 Å². The number of pyridine rings is 1. The molecule has 10 heteroatoms. The van der Waals surface area contributed by atoms with Crippen molar-refractivity contribution in [3.63, 3.8) is 0 Å². The van der Waals surface area contributed by atoms with Gasteiger partial charge in [-0.1, -0.05) is 6.42 Å². The van der Waals surface area contributed by atoms with Gasteiger partial charge < -0.3 is 5.32 Å². The molecule has 1 saturated carbocycles. The van der Waals surface area contributed by atoms with Gasteiger partial charge in [0.2, 0.25) is 0 Å². The zero-order chi connectivity index (χ0) is 19.9. The van der Waals surface area contributed by atoms with Crippen LogP contribution in [0.2, 0.25) is 0 Å². The monoisotopic (exact) mass is 384 g/mol. The van der Waals surface area contributed by atoms with Crippen LogP contribution in [0.1, 0.15) is 36.0 Å². The van der Waals surface area contributed by atoms with E-state index < -0.39 is 35.3 Å². The molecule has 0 spiro atoms. The number of rotatable bonds is 2. The summed E-state index contributed by atoms with van der Waals surface area (Å²) in [6, 6.07) is 0.722. The lowest BCUT2D eigenvalue weighted by Gasteiger charge is -2.31. The number of carbonyl (C=O) groups excluding carboxylic acids is 1. The van der Waals surface area contributed by atoms with Gasteiger partial charge in [0.15, 0.2) is 0 Å². The number of hydrogen-bond donors (Lipinski definition) is 1. The van der Waals surface area contributed by atoms with Gasteiger partial charge in [0.05, 0.1) is 16.9 Å². The van der Waals surface area contributed by atoms with Crippen molar-refractivity contribution in [2.75, 3.05) is 0 Å². The van der Waals surface area contributed by atoms with Gasteiger partial charge in [-0.25, -0.2) is 9.78 Å². The zero-order valence-corrected chi connectivity index (χ0v) is 14.8. The van der Waals surface area contributed by atoms with Crippen LogP contribution < -0.4 is 16.6 Å². The molecule has 1 aliphatic rings. The maximum absolute atomic E-state index is 12.9. The standard InChI is InChI=1S/C17H19F3N4O3/c1-23-13-12(15(26)24(2)16(23)27)6-9(8-21-13)14(25)22-11-5-3-4-10(7-11)17(18,19)20/h6,8,10-11H,3-5,7H2,1-2H3,(H,22,25)/t10-,11-/m0/s1. The Morgan fingerprint density at radius 1 is 1.22 bits per heavy atom. The number of aryl methyl sites for hydroxylation is 1. The van der Waals surface area contributed by atoms with Crippen molar-refractivity contribution < 1.29 is 18.0 Å². The molecule has 1 N–H and O–H groups in total. The zero-order valence-electron chi connectivity index (χ0n) is 14.8. The van der Waals surface area contributed by atoms with Crippen LogP contribution >= 0.6 is 0 Å². The number of nitrogens with one attached hydrogen (secondary N) is 1. The molecule has 1 fully saturated rings. The summed E-state index contributed by atoms with van der Waals surface area (Å²) in [5.74, 6) is -2.01. The van der Waals surface area contributed by atoms with Gasteiger partial charge in [0.1, 0.15) is 5.65 Å². The third-order valence-corrected chi connectivity index (χ3v) is 5.03. The number of nitrogens with zero attached hydrogens (tertiary/aromatic N) is 3. The van der Waals surface area contributed by atoms with Crippen molar-refractivity contribution >= 4 is 16.9 Å². The first kappa shape index (κ1) is 19.1. The van der Waals surface area contributed by atoms with Crippen LogP contribution in [0.3, 0.4) is 0 Å². The fraction of sp³-hybridized carbons (Fsp3) is 0.529. The lowest BCUT2D eigenvalue weighted by molar-refractivity contribution is -0.183. The maximum atomic E-state index is 12.9. The molecule has 0 aromatic carbocycles. The van der Waals surface area contributed by atoms with E-state index in [0.717, 1.165) is 4.57 Å². The minimum absolute atomic E-state index is 0.0624. The highest BCUT2D eigenvalue weighted by Crippen LogP contribution is 2.37. The van der Waals surface area contributed by atoms with Crippen molar-refractivity contribution in [1.29, 1.82) is 0 Å². The van der Waals surface area contributed by atoms with Gasteiger partial charge >= 0.3 is 11.9 Å². The summed E-state index contributed by atoms with van der Waals surface area (Å²) in [6.07, 6.45) is -2.31. The van der Waals surface area contributed by atoms with Crippen LogP contribution in [0.15, 0.2) is 21.9 Å². The van der Waals surface area contributed by atoms with Crippen LogP contribution in [-0.4, -0.2) is 32.2 Å². The quantitative estimate of drug-likeness (QED) is 0.850. The van der Waals surface area contributed by atoms with E-state index in [1.807, 2.05) is 0 Å². The molecule has 1 amide bonds. The van der Waals surface area contributed by atoms with E-state index >= 15 is 0 Å². The first-order valence-electron chi connectivity index (χ1n) is 8.53. The molecular formula is C17H19F3N4O3. The number of hydrogen-bond acceptors (Lipinski definition) is 4. The smallest absolute Gasteiger partial charge is 0.349 e. The van der Waals surface area contributed by atoms with Gasteiger partial charge in [-0.05, 0) is 25.3 Å². The molecule has 2 aromatic rings. The van der Waals surface area contributed by atoms with Gasteiger partial charge in [-0.3, -0.25) is 18.7 Å². The van der Waals surface area contributed by atoms with Crippen molar-refractivity contribution in [2.45, 2.75) is 37.9 Å². The van der Waals surface area contributed by atoms with E-state index in [4.69, 9.17) is 0 Å². The summed E-state index contributed by atoms with van der Waals surface area (Å²) < 4.78 is 40.8. The molecular weight excluding hydrogens is 365 g/mol. The van der Waals surface area contributed by atoms with Crippen LogP contribution in [0, 0.1) is 5.92 Å². The number of aromatic nitrogens is 3. The van der Waals surface area contributed by atoms with Gasteiger partial charge in [-0.2, -0.15) is 13.2 Å². The normalized spacial score (nSPS) is 20.6. The van der Waals surface area contributed by atoms with Crippen molar-refractivity contribution in [3.8, 4) is 0 Å². The molecule has 7 nitrogen and oxygen atoms in total. The number of halogens is 3. The summed E-state index contributed by atoms with van der Waals surface area (Å²) in [4.78, 5) is 40.7. The predicted octanol–water partition coefficient (Wildman–Crippen LogP) is 1.48. The lowest BCUT2D eigenvalue weighted by atomic mass is 9.85. The molecule has 2 aromatic heterocycles. The molecule has 1 aliphatic carbocycles. The highest BCUT2D eigenvalue weighted by atomic mass is 19.4. The van der Waals surface area contributed by atoms with E-state index in [0.29, 0.717) is 12.8 Å². The summed E-state index contributed by atoms with van der Waals surface area (Å²) in [7, 11) is 2.77. The Kier molecular flexibility index (Phi) is 4.83. The summed E-state index contributed by atoms with van der Waals surface area (Å²) >= 11 is 0. The molecule has 2 heterocycles. The molecule has 2 atom stereocenters. The molecule has 27 heavy (non-hydrogen) atoms. The number of amides is 1.